The fourth-order valence-corrected chi connectivity index (χ4v) is 2.33. The van der Waals surface area contributed by atoms with E-state index in [1.165, 1.54) is 12.1 Å². The maximum atomic E-state index is 12.9. The van der Waals surface area contributed by atoms with E-state index < -0.39 is 0 Å². The van der Waals surface area contributed by atoms with E-state index in [9.17, 15) is 14.0 Å². The summed E-state index contributed by atoms with van der Waals surface area (Å²) in [5, 5.41) is 5.48. The first kappa shape index (κ1) is 16.2. The fraction of sp³-hybridized carbons (Fsp3) is 0.467. The van der Waals surface area contributed by atoms with E-state index in [2.05, 4.69) is 10.6 Å². The van der Waals surface area contributed by atoms with Gasteiger partial charge in [0.25, 0.3) is 0 Å². The maximum absolute atomic E-state index is 12.9. The standard InChI is InChI=1S/C15H20FN3O3/c1-22-8-2-7-17-15(21)18-12-9-14(20)19(10-12)13-5-3-11(16)4-6-13/h3-6,12H,2,7-10H2,1H3,(H2,17,18,21). The molecule has 1 aliphatic heterocycles. The van der Waals surface area contributed by atoms with Crippen LogP contribution in [0.2, 0.25) is 0 Å². The van der Waals surface area contributed by atoms with Gasteiger partial charge in [0.15, 0.2) is 0 Å². The van der Waals surface area contributed by atoms with Crippen LogP contribution in [0, 0.1) is 5.82 Å². The minimum Gasteiger partial charge on any atom is -0.385 e. The van der Waals surface area contributed by atoms with Crippen LogP contribution in [0.3, 0.4) is 0 Å². The molecule has 1 fully saturated rings. The van der Waals surface area contributed by atoms with Crippen LogP contribution in [-0.4, -0.2) is 44.8 Å². The van der Waals surface area contributed by atoms with Crippen LogP contribution in [0.25, 0.3) is 0 Å². The largest absolute Gasteiger partial charge is 0.385 e. The summed E-state index contributed by atoms with van der Waals surface area (Å²) in [6.07, 6.45) is 0.970. The van der Waals surface area contributed by atoms with Crippen molar-refractivity contribution in [3.63, 3.8) is 0 Å². The van der Waals surface area contributed by atoms with Crippen molar-refractivity contribution in [2.75, 3.05) is 31.7 Å². The SMILES string of the molecule is COCCCNC(=O)NC1CC(=O)N(c2ccc(F)cc2)C1. The summed E-state index contributed by atoms with van der Waals surface area (Å²) in [6, 6.07) is 5.19. The van der Waals surface area contributed by atoms with Gasteiger partial charge in [0, 0.05) is 38.9 Å². The molecular weight excluding hydrogens is 289 g/mol. The second-order valence-corrected chi connectivity index (χ2v) is 5.13. The lowest BCUT2D eigenvalue weighted by molar-refractivity contribution is -0.117. The first-order valence-corrected chi connectivity index (χ1v) is 7.19. The smallest absolute Gasteiger partial charge is 0.315 e. The van der Waals surface area contributed by atoms with E-state index in [1.807, 2.05) is 0 Å². The van der Waals surface area contributed by atoms with Gasteiger partial charge in [0.2, 0.25) is 5.91 Å². The molecule has 1 atom stereocenters. The van der Waals surface area contributed by atoms with Crippen molar-refractivity contribution in [3.05, 3.63) is 30.1 Å². The molecule has 3 amide bonds. The number of hydrogen-bond donors (Lipinski definition) is 2. The first-order chi connectivity index (χ1) is 10.6. The Bertz CT molecular complexity index is 521. The number of nitrogens with one attached hydrogen (secondary N) is 2. The first-order valence-electron chi connectivity index (χ1n) is 7.19. The van der Waals surface area contributed by atoms with Crippen LogP contribution in [0.5, 0.6) is 0 Å². The van der Waals surface area contributed by atoms with Crippen molar-refractivity contribution in [1.82, 2.24) is 10.6 Å². The molecule has 0 aromatic heterocycles. The van der Waals surface area contributed by atoms with E-state index in [-0.39, 0.29) is 30.2 Å². The van der Waals surface area contributed by atoms with E-state index in [1.54, 1.807) is 24.1 Å². The number of benzene rings is 1. The molecule has 0 spiro atoms. The average molecular weight is 309 g/mol. The monoisotopic (exact) mass is 309 g/mol. The number of halogens is 1. The Balaban J connectivity index is 1.82. The number of carbonyl (C=O) groups excluding carboxylic acids is 2. The number of urea groups is 1. The summed E-state index contributed by atoms with van der Waals surface area (Å²) in [7, 11) is 1.61. The molecule has 1 unspecified atom stereocenters. The molecule has 0 saturated carbocycles. The summed E-state index contributed by atoms with van der Waals surface area (Å²) >= 11 is 0. The van der Waals surface area contributed by atoms with Gasteiger partial charge in [-0.2, -0.15) is 0 Å². The Hall–Kier alpha value is -2.15. The number of methoxy groups -OCH3 is 1. The van der Waals surface area contributed by atoms with Crippen molar-refractivity contribution in [2.45, 2.75) is 18.9 Å². The van der Waals surface area contributed by atoms with E-state index >= 15 is 0 Å². The topological polar surface area (TPSA) is 70.7 Å². The van der Waals surface area contributed by atoms with Gasteiger partial charge >= 0.3 is 6.03 Å². The summed E-state index contributed by atoms with van der Waals surface area (Å²) in [5.41, 5.74) is 0.635. The van der Waals surface area contributed by atoms with Gasteiger partial charge in [-0.15, -0.1) is 0 Å². The molecule has 7 heteroatoms. The van der Waals surface area contributed by atoms with Crippen molar-refractivity contribution in [3.8, 4) is 0 Å². The minimum atomic E-state index is -0.347. The molecule has 0 aliphatic carbocycles. The van der Waals surface area contributed by atoms with Crippen molar-refractivity contribution >= 4 is 17.6 Å². The van der Waals surface area contributed by atoms with Crippen LogP contribution in [0.15, 0.2) is 24.3 Å². The van der Waals surface area contributed by atoms with Gasteiger partial charge in [0.05, 0.1) is 6.04 Å². The average Bonchev–Trinajstić information content (AvgIpc) is 2.85. The molecule has 22 heavy (non-hydrogen) atoms. The molecule has 0 radical (unpaired) electrons. The quantitative estimate of drug-likeness (QED) is 0.777. The summed E-state index contributed by atoms with van der Waals surface area (Å²) in [5.74, 6) is -0.434. The molecule has 1 heterocycles. The summed E-state index contributed by atoms with van der Waals surface area (Å²) < 4.78 is 17.8. The third kappa shape index (κ3) is 4.42. The zero-order chi connectivity index (χ0) is 15.9. The van der Waals surface area contributed by atoms with E-state index in [0.29, 0.717) is 25.4 Å². The van der Waals surface area contributed by atoms with Crippen LogP contribution >= 0.6 is 0 Å². The van der Waals surface area contributed by atoms with E-state index in [0.717, 1.165) is 6.42 Å². The Labute approximate surface area is 128 Å². The maximum Gasteiger partial charge on any atom is 0.315 e. The number of hydrogen-bond acceptors (Lipinski definition) is 3. The second-order valence-electron chi connectivity index (χ2n) is 5.13. The van der Waals surface area contributed by atoms with Crippen molar-refractivity contribution in [2.24, 2.45) is 0 Å². The van der Waals surface area contributed by atoms with Gasteiger partial charge in [-0.1, -0.05) is 0 Å². The predicted octanol–water partition coefficient (Wildman–Crippen LogP) is 1.27. The lowest BCUT2D eigenvalue weighted by Gasteiger charge is -2.17. The number of carbonyl (C=O) groups is 2. The molecule has 120 valence electrons. The highest BCUT2D eigenvalue weighted by molar-refractivity contribution is 5.96. The second kappa shape index (κ2) is 7.74. The third-order valence-corrected chi connectivity index (χ3v) is 3.41. The summed E-state index contributed by atoms with van der Waals surface area (Å²) in [4.78, 5) is 25.3. The zero-order valence-corrected chi connectivity index (χ0v) is 12.5. The Kier molecular flexibility index (Phi) is 5.71. The molecule has 1 aromatic rings. The highest BCUT2D eigenvalue weighted by Gasteiger charge is 2.31. The fourth-order valence-electron chi connectivity index (χ4n) is 2.33. The third-order valence-electron chi connectivity index (χ3n) is 3.41. The number of anilines is 1. The van der Waals surface area contributed by atoms with Crippen molar-refractivity contribution in [1.29, 1.82) is 0 Å². The van der Waals surface area contributed by atoms with Gasteiger partial charge in [0.1, 0.15) is 5.82 Å². The van der Waals surface area contributed by atoms with Crippen LogP contribution in [-0.2, 0) is 9.53 Å². The highest BCUT2D eigenvalue weighted by Crippen LogP contribution is 2.21. The molecule has 6 nitrogen and oxygen atoms in total. The normalized spacial score (nSPS) is 17.6. The number of rotatable bonds is 6. The number of nitrogens with zero attached hydrogens (tertiary/aromatic N) is 1. The Morgan fingerprint density at radius 2 is 2.14 bits per heavy atom. The van der Waals surface area contributed by atoms with Crippen LogP contribution in [0.4, 0.5) is 14.9 Å². The molecule has 0 bridgehead atoms. The van der Waals surface area contributed by atoms with Gasteiger partial charge in [-0.05, 0) is 30.7 Å². The molecule has 2 rings (SSSR count). The molecule has 1 saturated heterocycles. The molecule has 1 aliphatic rings. The number of ether oxygens (including phenoxy) is 1. The summed E-state index contributed by atoms with van der Waals surface area (Å²) in [6.45, 7) is 1.48. The van der Waals surface area contributed by atoms with Crippen molar-refractivity contribution < 1.29 is 18.7 Å². The van der Waals surface area contributed by atoms with Crippen LogP contribution in [0.1, 0.15) is 12.8 Å². The zero-order valence-electron chi connectivity index (χ0n) is 12.5. The number of amides is 3. The Morgan fingerprint density at radius 1 is 1.41 bits per heavy atom. The molecule has 2 N–H and O–H groups in total. The van der Waals surface area contributed by atoms with Crippen LogP contribution < -0.4 is 15.5 Å². The molecule has 1 aromatic carbocycles. The predicted molar refractivity (Wildman–Crippen MR) is 80.2 cm³/mol. The van der Waals surface area contributed by atoms with Gasteiger partial charge in [-0.3, -0.25) is 4.79 Å². The lowest BCUT2D eigenvalue weighted by atomic mass is 10.2. The minimum absolute atomic E-state index is 0.0868. The Morgan fingerprint density at radius 3 is 2.82 bits per heavy atom. The molecular formula is C15H20FN3O3. The van der Waals surface area contributed by atoms with Gasteiger partial charge in [-0.25, -0.2) is 9.18 Å². The van der Waals surface area contributed by atoms with Gasteiger partial charge < -0.3 is 20.3 Å². The lowest BCUT2D eigenvalue weighted by Crippen LogP contribution is -2.43. The van der Waals surface area contributed by atoms with E-state index in [4.69, 9.17) is 4.74 Å². The highest BCUT2D eigenvalue weighted by atomic mass is 19.1.